The van der Waals surface area contributed by atoms with Gasteiger partial charge in [0.15, 0.2) is 0 Å². The van der Waals surface area contributed by atoms with E-state index in [4.69, 9.17) is 5.73 Å². The highest BCUT2D eigenvalue weighted by atomic mass is 16.2. The molecule has 1 aliphatic carbocycles. The lowest BCUT2D eigenvalue weighted by molar-refractivity contribution is -0.134. The molecule has 2 aromatic heterocycles. The van der Waals surface area contributed by atoms with Crippen LogP contribution in [0.3, 0.4) is 0 Å². The summed E-state index contributed by atoms with van der Waals surface area (Å²) in [6.07, 6.45) is 9.41. The molecule has 180 valence electrons. The summed E-state index contributed by atoms with van der Waals surface area (Å²) in [4.78, 5) is 35.6. The maximum Gasteiger partial charge on any atom is 0.247 e. The Kier molecular flexibility index (Phi) is 6.11. The van der Waals surface area contributed by atoms with Crippen LogP contribution in [0.2, 0.25) is 0 Å². The molecular formula is C27H30N6O2. The van der Waals surface area contributed by atoms with Gasteiger partial charge in [-0.3, -0.25) is 9.59 Å². The van der Waals surface area contributed by atoms with Crippen molar-refractivity contribution in [3.63, 3.8) is 0 Å². The number of aromatic nitrogens is 3. The van der Waals surface area contributed by atoms with Gasteiger partial charge in [-0.05, 0) is 55.9 Å². The zero-order valence-corrected chi connectivity index (χ0v) is 20.0. The maximum atomic E-state index is 13.0. The molecule has 0 bridgehead atoms. The molecule has 2 amide bonds. The lowest BCUT2D eigenvalue weighted by Gasteiger charge is -2.26. The largest absolute Gasteiger partial charge is 0.383 e. The molecule has 0 spiro atoms. The average Bonchev–Trinajstić information content (AvgIpc) is 3.51. The second kappa shape index (κ2) is 9.37. The molecule has 35 heavy (non-hydrogen) atoms. The summed E-state index contributed by atoms with van der Waals surface area (Å²) >= 11 is 0. The monoisotopic (exact) mass is 470 g/mol. The molecule has 1 atom stereocenters. The number of nitrogens with zero attached hydrogens (tertiary/aromatic N) is 4. The number of likely N-dealkylation sites (tertiary alicyclic amines) is 1. The van der Waals surface area contributed by atoms with E-state index in [2.05, 4.69) is 27.9 Å². The van der Waals surface area contributed by atoms with Crippen molar-refractivity contribution in [3.8, 4) is 11.3 Å². The van der Waals surface area contributed by atoms with Crippen molar-refractivity contribution in [2.45, 2.75) is 32.1 Å². The summed E-state index contributed by atoms with van der Waals surface area (Å²) in [6.45, 7) is 5.29. The summed E-state index contributed by atoms with van der Waals surface area (Å²) in [5.74, 6) is 0.475. The van der Waals surface area contributed by atoms with Crippen molar-refractivity contribution in [3.05, 3.63) is 54.9 Å². The Bertz CT molecular complexity index is 1350. The first-order valence-electron chi connectivity index (χ1n) is 12.1. The average molecular weight is 471 g/mol. The molecule has 8 nitrogen and oxygen atoms in total. The number of rotatable bonds is 5. The number of aryl methyl sites for hydroxylation is 1. The Labute approximate surface area is 204 Å². The molecule has 3 N–H and O–H groups in total. The van der Waals surface area contributed by atoms with Crippen LogP contribution in [0.1, 0.15) is 37.7 Å². The number of anilines is 2. The van der Waals surface area contributed by atoms with E-state index in [1.54, 1.807) is 0 Å². The molecule has 2 aliphatic rings. The summed E-state index contributed by atoms with van der Waals surface area (Å²) in [5, 5.41) is 3.66. The van der Waals surface area contributed by atoms with Gasteiger partial charge in [0.2, 0.25) is 11.8 Å². The number of allylic oxidation sites excluding steroid dienone is 2. The standard InChI is InChI=1S/C27H30N6O2/c1-3-21(34)31-20-8-6-7-19(15-20)24-22(23-25(28)29-16-30-26(23)32(24)2)17-9-11-18(12-10-17)27(35)33-13-4-5-14-33/h3,6-9,15-16,18H,1,4-5,10-14H2,2H3,(H,31,34)(H2,28,29,30)/t18-/m0/s1. The lowest BCUT2D eigenvalue weighted by Crippen LogP contribution is -2.34. The third kappa shape index (κ3) is 4.20. The summed E-state index contributed by atoms with van der Waals surface area (Å²) in [7, 11) is 1.96. The van der Waals surface area contributed by atoms with E-state index in [0.29, 0.717) is 17.9 Å². The van der Waals surface area contributed by atoms with Gasteiger partial charge < -0.3 is 20.5 Å². The number of nitrogens with two attached hydrogens (primary N) is 1. The molecular weight excluding hydrogens is 440 g/mol. The van der Waals surface area contributed by atoms with Crippen molar-refractivity contribution >= 4 is 39.9 Å². The minimum atomic E-state index is -0.266. The number of nitrogens with one attached hydrogen (secondary N) is 1. The first-order valence-corrected chi connectivity index (χ1v) is 12.1. The van der Waals surface area contributed by atoms with Gasteiger partial charge in [0.05, 0.1) is 11.1 Å². The number of carbonyl (C=O) groups excluding carboxylic acids is 2. The number of fused-ring (bicyclic) bond motifs is 1. The van der Waals surface area contributed by atoms with Gasteiger partial charge in [0.25, 0.3) is 0 Å². The normalized spacial score (nSPS) is 17.9. The molecule has 0 unspecified atom stereocenters. The van der Waals surface area contributed by atoms with Crippen LogP contribution < -0.4 is 11.1 Å². The number of hydrogen-bond donors (Lipinski definition) is 2. The highest BCUT2D eigenvalue weighted by Gasteiger charge is 2.30. The van der Waals surface area contributed by atoms with Crippen molar-refractivity contribution in [1.82, 2.24) is 19.4 Å². The van der Waals surface area contributed by atoms with Gasteiger partial charge in [-0.15, -0.1) is 0 Å². The van der Waals surface area contributed by atoms with Crippen molar-refractivity contribution < 1.29 is 9.59 Å². The van der Waals surface area contributed by atoms with Crippen LogP contribution in [0, 0.1) is 5.92 Å². The van der Waals surface area contributed by atoms with Crippen molar-refractivity contribution in [2.24, 2.45) is 13.0 Å². The van der Waals surface area contributed by atoms with Crippen LogP contribution in [0.15, 0.2) is 49.3 Å². The zero-order chi connectivity index (χ0) is 24.5. The molecule has 5 rings (SSSR count). The van der Waals surface area contributed by atoms with Gasteiger partial charge in [-0.1, -0.05) is 24.8 Å². The number of hydrogen-bond acceptors (Lipinski definition) is 5. The molecule has 3 heterocycles. The minimum Gasteiger partial charge on any atom is -0.383 e. The zero-order valence-electron chi connectivity index (χ0n) is 20.0. The number of nitrogen functional groups attached to an aromatic ring is 1. The van der Waals surface area contributed by atoms with Gasteiger partial charge in [0, 0.05) is 42.9 Å². The molecule has 1 saturated heterocycles. The first kappa shape index (κ1) is 22.8. The van der Waals surface area contributed by atoms with E-state index in [9.17, 15) is 9.59 Å². The maximum absolute atomic E-state index is 13.0. The van der Waals surface area contributed by atoms with E-state index in [1.807, 2.05) is 40.8 Å². The summed E-state index contributed by atoms with van der Waals surface area (Å²) < 4.78 is 2.03. The van der Waals surface area contributed by atoms with Gasteiger partial charge in [-0.25, -0.2) is 9.97 Å². The Balaban J connectivity index is 1.58. The molecule has 1 aromatic carbocycles. The van der Waals surface area contributed by atoms with E-state index in [1.165, 1.54) is 12.4 Å². The van der Waals surface area contributed by atoms with Crippen LogP contribution in [0.25, 0.3) is 27.9 Å². The fourth-order valence-electron chi connectivity index (χ4n) is 5.34. The van der Waals surface area contributed by atoms with Gasteiger partial charge >= 0.3 is 0 Å². The molecule has 3 aromatic rings. The first-order chi connectivity index (χ1) is 17.0. The molecule has 0 saturated carbocycles. The Hall–Kier alpha value is -3.94. The number of amides is 2. The molecule has 1 fully saturated rings. The van der Waals surface area contributed by atoms with E-state index in [-0.39, 0.29) is 17.7 Å². The quantitative estimate of drug-likeness (QED) is 0.545. The minimum absolute atomic E-state index is 0.0290. The molecule has 1 aliphatic heterocycles. The van der Waals surface area contributed by atoms with E-state index < -0.39 is 0 Å². The predicted octanol–water partition coefficient (Wildman–Crippen LogP) is 4.15. The van der Waals surface area contributed by atoms with E-state index >= 15 is 0 Å². The SMILES string of the molecule is C=CC(=O)Nc1cccc(-c2c(C3=CC[C@H](C(=O)N4CCCC4)CC3)c3c(N)ncnc3n2C)c1. The van der Waals surface area contributed by atoms with Crippen molar-refractivity contribution in [2.75, 3.05) is 24.1 Å². The van der Waals surface area contributed by atoms with Crippen molar-refractivity contribution in [1.29, 1.82) is 0 Å². The van der Waals surface area contributed by atoms with Crippen LogP contribution >= 0.6 is 0 Å². The Morgan fingerprint density at radius 3 is 2.74 bits per heavy atom. The molecule has 8 heteroatoms. The third-order valence-corrected chi connectivity index (χ3v) is 7.08. The third-order valence-electron chi connectivity index (χ3n) is 7.08. The van der Waals surface area contributed by atoms with Crippen LogP contribution in [-0.4, -0.2) is 44.3 Å². The predicted molar refractivity (Wildman–Crippen MR) is 138 cm³/mol. The fraction of sp³-hybridized carbons (Fsp3) is 0.333. The lowest BCUT2D eigenvalue weighted by atomic mass is 9.84. The Morgan fingerprint density at radius 2 is 2.03 bits per heavy atom. The van der Waals surface area contributed by atoms with Crippen LogP contribution in [0.5, 0.6) is 0 Å². The van der Waals surface area contributed by atoms with Gasteiger partial charge in [0.1, 0.15) is 17.8 Å². The highest BCUT2D eigenvalue weighted by Crippen LogP contribution is 2.43. The molecule has 0 radical (unpaired) electrons. The second-order valence-corrected chi connectivity index (χ2v) is 9.25. The topological polar surface area (TPSA) is 106 Å². The number of carbonyl (C=O) groups is 2. The smallest absolute Gasteiger partial charge is 0.247 e. The van der Waals surface area contributed by atoms with Gasteiger partial charge in [-0.2, -0.15) is 0 Å². The highest BCUT2D eigenvalue weighted by molar-refractivity contribution is 6.05. The summed E-state index contributed by atoms with van der Waals surface area (Å²) in [6, 6.07) is 7.69. The summed E-state index contributed by atoms with van der Waals surface area (Å²) in [5.41, 5.74) is 11.8. The second-order valence-electron chi connectivity index (χ2n) is 9.25. The van der Waals surface area contributed by atoms with Crippen LogP contribution in [-0.2, 0) is 16.6 Å². The van der Waals surface area contributed by atoms with Crippen LogP contribution in [0.4, 0.5) is 11.5 Å². The fourth-order valence-corrected chi connectivity index (χ4v) is 5.34. The Morgan fingerprint density at radius 1 is 1.23 bits per heavy atom. The van der Waals surface area contributed by atoms with E-state index in [0.717, 1.165) is 72.2 Å². The number of benzene rings is 1.